The Balaban J connectivity index is 1.82. The quantitative estimate of drug-likeness (QED) is 0.769. The van der Waals surface area contributed by atoms with Crippen LogP contribution in [0.1, 0.15) is 56.1 Å². The van der Waals surface area contributed by atoms with Crippen LogP contribution in [0.3, 0.4) is 0 Å². The minimum absolute atomic E-state index is 0.212. The molecule has 0 unspecified atom stereocenters. The molecule has 4 rings (SSSR count). The van der Waals surface area contributed by atoms with Crippen LogP contribution in [-0.4, -0.2) is 14.9 Å². The van der Waals surface area contributed by atoms with Gasteiger partial charge in [-0.05, 0) is 36.3 Å². The Morgan fingerprint density at radius 3 is 2.63 bits per heavy atom. The summed E-state index contributed by atoms with van der Waals surface area (Å²) in [4.78, 5) is 3.68. The van der Waals surface area contributed by atoms with Crippen molar-refractivity contribution in [2.45, 2.75) is 51.9 Å². The van der Waals surface area contributed by atoms with Crippen molar-refractivity contribution >= 4 is 0 Å². The number of hydrogen-bond acceptors (Lipinski definition) is 2. The number of allylic oxidation sites excluding steroid dienone is 2. The third-order valence-electron chi connectivity index (χ3n) is 6.91. The fourth-order valence-electron chi connectivity index (χ4n) is 5.53. The van der Waals surface area contributed by atoms with E-state index in [1.165, 1.54) is 16.8 Å². The summed E-state index contributed by atoms with van der Waals surface area (Å²) in [5.74, 6) is 0.561. The van der Waals surface area contributed by atoms with E-state index in [4.69, 9.17) is 11.7 Å². The van der Waals surface area contributed by atoms with Crippen molar-refractivity contribution in [3.8, 4) is 0 Å². The molecule has 1 N–H and O–H groups in total. The molecule has 27 heavy (non-hydrogen) atoms. The average Bonchev–Trinajstić information content (AvgIpc) is 2.96. The fraction of sp³-hybridized carbons (Fsp3) is 0.478. The predicted molar refractivity (Wildman–Crippen MR) is 106 cm³/mol. The van der Waals surface area contributed by atoms with Crippen molar-refractivity contribution < 1.29 is 5.11 Å². The largest absolute Gasteiger partial charge is 0.523 e. The zero-order valence-corrected chi connectivity index (χ0v) is 16.6. The maximum absolute atomic E-state index is 10.7. The lowest BCUT2D eigenvalue weighted by Crippen LogP contribution is -2.49. The molecule has 2 aliphatic carbocycles. The number of fused-ring (bicyclic) bond motifs is 3. The van der Waals surface area contributed by atoms with Crippen LogP contribution in [0, 0.1) is 17.9 Å². The Labute approximate surface area is 161 Å². The van der Waals surface area contributed by atoms with E-state index in [1.807, 2.05) is 17.8 Å². The van der Waals surface area contributed by atoms with Crippen LogP contribution < -0.4 is 0 Å². The standard InChI is InChI=1S/C23H27N3O/c1-22(2)19-12-11-16-18(13-15-9-7-6-8-10-15)26(5)25-20(16)23(19,3)14-17(24-4)21(22)27/h6-10,19,27H,11-14H2,1-3,5H3/t19-,23-/m0/s1. The number of rotatable bonds is 2. The third kappa shape index (κ3) is 2.52. The first-order chi connectivity index (χ1) is 12.8. The molecule has 1 heterocycles. The SMILES string of the molecule is [C-]#[N+]C1=C(O)C(C)(C)[C@@H]2CCc3c(nn(C)c3Cc3ccccc3)[C@@]2(C)C1. The maximum Gasteiger partial charge on any atom is 0.203 e. The maximum atomic E-state index is 10.7. The lowest BCUT2D eigenvalue weighted by Gasteiger charge is -2.52. The smallest absolute Gasteiger partial charge is 0.203 e. The van der Waals surface area contributed by atoms with Crippen LogP contribution in [-0.2, 0) is 25.3 Å². The molecule has 0 fully saturated rings. The number of nitrogens with zero attached hydrogens (tertiary/aromatic N) is 3. The number of benzene rings is 1. The molecule has 0 saturated heterocycles. The van der Waals surface area contributed by atoms with Crippen molar-refractivity contribution in [3.63, 3.8) is 0 Å². The molecule has 0 bridgehead atoms. The van der Waals surface area contributed by atoms with Gasteiger partial charge in [0, 0.05) is 30.0 Å². The van der Waals surface area contributed by atoms with Gasteiger partial charge in [-0.15, -0.1) is 0 Å². The van der Waals surface area contributed by atoms with Crippen LogP contribution in [0.5, 0.6) is 0 Å². The van der Waals surface area contributed by atoms with Crippen LogP contribution in [0.15, 0.2) is 41.8 Å². The molecule has 0 radical (unpaired) electrons. The second kappa shape index (κ2) is 5.99. The van der Waals surface area contributed by atoms with Gasteiger partial charge < -0.3 is 5.11 Å². The molecular weight excluding hydrogens is 334 g/mol. The number of aliphatic hydroxyl groups excluding tert-OH is 1. The van der Waals surface area contributed by atoms with Gasteiger partial charge in [-0.3, -0.25) is 4.68 Å². The molecule has 1 aromatic carbocycles. The van der Waals surface area contributed by atoms with Crippen LogP contribution in [0.2, 0.25) is 0 Å². The molecule has 0 amide bonds. The topological polar surface area (TPSA) is 42.4 Å². The predicted octanol–water partition coefficient (Wildman–Crippen LogP) is 4.95. The Hall–Kier alpha value is -2.54. The molecule has 140 valence electrons. The van der Waals surface area contributed by atoms with Crippen LogP contribution >= 0.6 is 0 Å². The van der Waals surface area contributed by atoms with Gasteiger partial charge in [-0.1, -0.05) is 51.1 Å². The first kappa shape index (κ1) is 17.9. The highest BCUT2D eigenvalue weighted by molar-refractivity contribution is 5.43. The summed E-state index contributed by atoms with van der Waals surface area (Å²) < 4.78 is 2.04. The zero-order valence-electron chi connectivity index (χ0n) is 16.6. The van der Waals surface area contributed by atoms with Gasteiger partial charge in [-0.2, -0.15) is 5.10 Å². The van der Waals surface area contributed by atoms with Gasteiger partial charge in [0.2, 0.25) is 5.70 Å². The molecule has 0 saturated carbocycles. The highest BCUT2D eigenvalue weighted by Gasteiger charge is 2.55. The van der Waals surface area contributed by atoms with E-state index in [-0.39, 0.29) is 17.1 Å². The van der Waals surface area contributed by atoms with E-state index in [9.17, 15) is 5.11 Å². The van der Waals surface area contributed by atoms with Gasteiger partial charge in [0.15, 0.2) is 0 Å². The first-order valence-electron chi connectivity index (χ1n) is 9.68. The summed E-state index contributed by atoms with van der Waals surface area (Å²) in [6.07, 6.45) is 3.45. The van der Waals surface area contributed by atoms with Gasteiger partial charge in [0.1, 0.15) is 5.76 Å². The van der Waals surface area contributed by atoms with Crippen molar-refractivity contribution in [3.05, 3.63) is 75.7 Å². The number of aromatic nitrogens is 2. The van der Waals surface area contributed by atoms with E-state index in [1.54, 1.807) is 0 Å². The van der Waals surface area contributed by atoms with Crippen LogP contribution in [0.4, 0.5) is 0 Å². The minimum atomic E-state index is -0.401. The molecule has 1 aromatic heterocycles. The van der Waals surface area contributed by atoms with Gasteiger partial charge >= 0.3 is 0 Å². The van der Waals surface area contributed by atoms with Crippen molar-refractivity contribution in [1.29, 1.82) is 0 Å². The number of hydrogen-bond donors (Lipinski definition) is 1. The summed E-state index contributed by atoms with van der Waals surface area (Å²) >= 11 is 0. The summed E-state index contributed by atoms with van der Waals surface area (Å²) in [5, 5.41) is 15.7. The van der Waals surface area contributed by atoms with E-state index < -0.39 is 5.41 Å². The van der Waals surface area contributed by atoms with E-state index in [0.717, 1.165) is 25.0 Å². The van der Waals surface area contributed by atoms with Crippen LogP contribution in [0.25, 0.3) is 4.85 Å². The number of aliphatic hydroxyl groups is 1. The fourth-order valence-corrected chi connectivity index (χ4v) is 5.53. The highest BCUT2D eigenvalue weighted by atomic mass is 16.3. The van der Waals surface area contributed by atoms with Crippen molar-refractivity contribution in [2.75, 3.05) is 0 Å². The Morgan fingerprint density at radius 1 is 1.26 bits per heavy atom. The second-order valence-electron chi connectivity index (χ2n) is 8.87. The first-order valence-corrected chi connectivity index (χ1v) is 9.68. The molecule has 2 aliphatic rings. The molecule has 2 atom stereocenters. The summed E-state index contributed by atoms with van der Waals surface area (Å²) in [5.41, 5.74) is 4.94. The lowest BCUT2D eigenvalue weighted by molar-refractivity contribution is 0.0626. The average molecular weight is 361 g/mol. The highest BCUT2D eigenvalue weighted by Crippen LogP contribution is 2.58. The Bertz CT molecular complexity index is 961. The molecular formula is C23H27N3O. The second-order valence-corrected chi connectivity index (χ2v) is 8.87. The van der Waals surface area contributed by atoms with Crippen molar-refractivity contribution in [1.82, 2.24) is 9.78 Å². The van der Waals surface area contributed by atoms with E-state index in [2.05, 4.69) is 49.9 Å². The van der Waals surface area contributed by atoms with Gasteiger partial charge in [0.05, 0.1) is 12.3 Å². The summed E-state index contributed by atoms with van der Waals surface area (Å²) in [7, 11) is 2.03. The Kier molecular flexibility index (Phi) is 3.96. The molecule has 2 aromatic rings. The Morgan fingerprint density at radius 2 is 1.96 bits per heavy atom. The van der Waals surface area contributed by atoms with Crippen molar-refractivity contribution in [2.24, 2.45) is 18.4 Å². The van der Waals surface area contributed by atoms with E-state index in [0.29, 0.717) is 12.1 Å². The van der Waals surface area contributed by atoms with Gasteiger partial charge in [-0.25, -0.2) is 4.85 Å². The summed E-state index contributed by atoms with van der Waals surface area (Å²) in [6, 6.07) is 10.5. The molecule has 0 spiro atoms. The normalized spacial score (nSPS) is 26.3. The zero-order chi connectivity index (χ0) is 19.4. The summed E-state index contributed by atoms with van der Waals surface area (Å²) in [6.45, 7) is 14.0. The molecule has 0 aliphatic heterocycles. The van der Waals surface area contributed by atoms with Gasteiger partial charge in [0.25, 0.3) is 0 Å². The molecule has 4 nitrogen and oxygen atoms in total. The van der Waals surface area contributed by atoms with E-state index >= 15 is 0 Å². The number of aryl methyl sites for hydroxylation is 1. The molecule has 4 heteroatoms. The third-order valence-corrected chi connectivity index (χ3v) is 6.91. The lowest BCUT2D eigenvalue weighted by atomic mass is 9.52. The monoisotopic (exact) mass is 361 g/mol. The minimum Gasteiger partial charge on any atom is -0.523 e.